The summed E-state index contributed by atoms with van der Waals surface area (Å²) in [5, 5.41) is 0. The fourth-order valence-electron chi connectivity index (χ4n) is 1.72. The summed E-state index contributed by atoms with van der Waals surface area (Å²) < 4.78 is 5.78. The molecule has 1 aromatic heterocycles. The van der Waals surface area contributed by atoms with Crippen LogP contribution in [0.5, 0.6) is 0 Å². The topological polar surface area (TPSA) is 35.0 Å². The quantitative estimate of drug-likeness (QED) is 0.772. The number of nitrogens with zero attached hydrogens (tertiary/aromatic N) is 2. The molecule has 3 nitrogen and oxygen atoms in total. The lowest BCUT2D eigenvalue weighted by atomic mass is 9.88. The van der Waals surface area contributed by atoms with E-state index in [2.05, 4.69) is 30.7 Å². The van der Waals surface area contributed by atoms with Crippen molar-refractivity contribution in [2.75, 3.05) is 6.61 Å². The average Bonchev–Trinajstić information content (AvgIpc) is 2.23. The van der Waals surface area contributed by atoms with Crippen LogP contribution in [0.1, 0.15) is 51.0 Å². The molecule has 1 aromatic rings. The largest absolute Gasteiger partial charge is 0.370 e. The third kappa shape index (κ3) is 3.93. The minimum atomic E-state index is -0.102. The highest BCUT2D eigenvalue weighted by molar-refractivity contribution is 6.16. The fourth-order valence-corrected chi connectivity index (χ4v) is 1.86. The molecule has 1 atom stereocenters. The van der Waals surface area contributed by atoms with Gasteiger partial charge in [-0.3, -0.25) is 0 Å². The second-order valence-electron chi connectivity index (χ2n) is 5.19. The Labute approximate surface area is 109 Å². The average molecular weight is 257 g/mol. The van der Waals surface area contributed by atoms with Crippen LogP contribution in [0.3, 0.4) is 0 Å². The van der Waals surface area contributed by atoms with Crippen molar-refractivity contribution in [3.05, 3.63) is 23.3 Å². The van der Waals surface area contributed by atoms with Gasteiger partial charge in [-0.1, -0.05) is 20.8 Å². The molecular formula is C13H21ClN2O. The Balaban J connectivity index is 3.13. The Bertz CT molecular complexity index is 374. The zero-order valence-corrected chi connectivity index (χ0v) is 12.0. The van der Waals surface area contributed by atoms with Crippen LogP contribution in [-0.4, -0.2) is 16.6 Å². The molecule has 0 saturated heterocycles. The molecular weight excluding hydrogens is 236 g/mol. The van der Waals surface area contributed by atoms with E-state index in [1.54, 1.807) is 0 Å². The van der Waals surface area contributed by atoms with Gasteiger partial charge in [-0.25, -0.2) is 9.97 Å². The normalized spacial score (nSPS) is 13.8. The molecule has 96 valence electrons. The monoisotopic (exact) mass is 256 g/mol. The summed E-state index contributed by atoms with van der Waals surface area (Å²) in [5.74, 6) is 1.13. The van der Waals surface area contributed by atoms with E-state index in [-0.39, 0.29) is 11.5 Å². The Kier molecular flexibility index (Phi) is 4.90. The highest BCUT2D eigenvalue weighted by atomic mass is 35.5. The standard InChI is InChI=1S/C13H21ClN2O/c1-6-17-11(13(3,4)5)12-15-9(2)7-10(8-14)16-12/h7,11H,6,8H2,1-5H3. The van der Waals surface area contributed by atoms with Crippen LogP contribution in [0.15, 0.2) is 6.07 Å². The van der Waals surface area contributed by atoms with Gasteiger partial charge in [0.2, 0.25) is 0 Å². The van der Waals surface area contributed by atoms with Crippen LogP contribution < -0.4 is 0 Å². The van der Waals surface area contributed by atoms with Gasteiger partial charge in [0.05, 0.1) is 11.6 Å². The van der Waals surface area contributed by atoms with Gasteiger partial charge >= 0.3 is 0 Å². The summed E-state index contributed by atoms with van der Waals surface area (Å²) in [5.41, 5.74) is 1.75. The third-order valence-electron chi connectivity index (χ3n) is 2.42. The Morgan fingerprint density at radius 3 is 2.47 bits per heavy atom. The van der Waals surface area contributed by atoms with E-state index >= 15 is 0 Å². The number of aromatic nitrogens is 2. The molecule has 0 bridgehead atoms. The molecule has 0 aliphatic carbocycles. The Morgan fingerprint density at radius 2 is 2.00 bits per heavy atom. The summed E-state index contributed by atoms with van der Waals surface area (Å²) >= 11 is 5.84. The SMILES string of the molecule is CCOC(c1nc(C)cc(CCl)n1)C(C)(C)C. The highest BCUT2D eigenvalue weighted by Gasteiger charge is 2.29. The number of aryl methyl sites for hydroxylation is 1. The van der Waals surface area contributed by atoms with Gasteiger partial charge in [-0.15, -0.1) is 11.6 Å². The van der Waals surface area contributed by atoms with E-state index in [1.165, 1.54) is 0 Å². The number of rotatable bonds is 4. The van der Waals surface area contributed by atoms with Crippen LogP contribution in [0.2, 0.25) is 0 Å². The maximum Gasteiger partial charge on any atom is 0.158 e. The molecule has 0 saturated carbocycles. The van der Waals surface area contributed by atoms with E-state index in [0.717, 1.165) is 17.2 Å². The first-order chi connectivity index (χ1) is 7.88. The maximum atomic E-state index is 5.84. The molecule has 0 amide bonds. The van der Waals surface area contributed by atoms with Gasteiger partial charge in [0.1, 0.15) is 6.10 Å². The van der Waals surface area contributed by atoms with Crippen LogP contribution in [0, 0.1) is 12.3 Å². The molecule has 4 heteroatoms. The lowest BCUT2D eigenvalue weighted by Crippen LogP contribution is -2.24. The van der Waals surface area contributed by atoms with Crippen molar-refractivity contribution in [1.29, 1.82) is 0 Å². The first-order valence-electron chi connectivity index (χ1n) is 5.90. The van der Waals surface area contributed by atoms with Crippen molar-refractivity contribution in [3.63, 3.8) is 0 Å². The molecule has 0 radical (unpaired) electrons. The second-order valence-corrected chi connectivity index (χ2v) is 5.46. The minimum absolute atomic E-state index is 0.0343. The van der Waals surface area contributed by atoms with Crippen molar-refractivity contribution in [2.45, 2.75) is 46.6 Å². The number of hydrogen-bond donors (Lipinski definition) is 0. The van der Waals surface area contributed by atoms with E-state index in [0.29, 0.717) is 12.5 Å². The van der Waals surface area contributed by atoms with Gasteiger partial charge < -0.3 is 4.74 Å². The van der Waals surface area contributed by atoms with Gasteiger partial charge in [-0.2, -0.15) is 0 Å². The molecule has 1 heterocycles. The van der Waals surface area contributed by atoms with Crippen LogP contribution >= 0.6 is 11.6 Å². The van der Waals surface area contributed by atoms with Crippen LogP contribution in [-0.2, 0) is 10.6 Å². The first-order valence-corrected chi connectivity index (χ1v) is 6.44. The Hall–Kier alpha value is -0.670. The lowest BCUT2D eigenvalue weighted by Gasteiger charge is -2.29. The van der Waals surface area contributed by atoms with Crippen molar-refractivity contribution in [1.82, 2.24) is 9.97 Å². The molecule has 0 aliphatic heterocycles. The molecule has 0 aliphatic rings. The number of ether oxygens (including phenoxy) is 1. The van der Waals surface area contributed by atoms with Gasteiger partial charge in [0, 0.05) is 12.3 Å². The van der Waals surface area contributed by atoms with Crippen molar-refractivity contribution in [2.24, 2.45) is 5.41 Å². The summed E-state index contributed by atoms with van der Waals surface area (Å²) in [6, 6.07) is 1.90. The van der Waals surface area contributed by atoms with Gasteiger partial charge in [0.15, 0.2) is 5.82 Å². The van der Waals surface area contributed by atoms with Crippen molar-refractivity contribution >= 4 is 11.6 Å². The summed E-state index contributed by atoms with van der Waals surface area (Å²) in [7, 11) is 0. The molecule has 1 rings (SSSR count). The van der Waals surface area contributed by atoms with Crippen LogP contribution in [0.4, 0.5) is 0 Å². The second kappa shape index (κ2) is 5.78. The number of alkyl halides is 1. The van der Waals surface area contributed by atoms with Gasteiger partial charge in [0.25, 0.3) is 0 Å². The first kappa shape index (κ1) is 14.4. The van der Waals surface area contributed by atoms with Crippen LogP contribution in [0.25, 0.3) is 0 Å². The maximum absolute atomic E-state index is 5.84. The Morgan fingerprint density at radius 1 is 1.35 bits per heavy atom. The minimum Gasteiger partial charge on any atom is -0.370 e. The van der Waals surface area contributed by atoms with E-state index in [9.17, 15) is 0 Å². The summed E-state index contributed by atoms with van der Waals surface area (Å²) in [6.45, 7) is 11.0. The smallest absolute Gasteiger partial charge is 0.158 e. The van der Waals surface area contributed by atoms with Gasteiger partial charge in [-0.05, 0) is 25.3 Å². The van der Waals surface area contributed by atoms with E-state index in [1.807, 2.05) is 19.9 Å². The molecule has 0 fully saturated rings. The fraction of sp³-hybridized carbons (Fsp3) is 0.692. The predicted octanol–water partition coefficient (Wildman–Crippen LogP) is 3.65. The zero-order chi connectivity index (χ0) is 13.1. The molecule has 0 N–H and O–H groups in total. The number of halogens is 1. The molecule has 17 heavy (non-hydrogen) atoms. The summed E-state index contributed by atoms with van der Waals surface area (Å²) in [4.78, 5) is 8.94. The van der Waals surface area contributed by atoms with E-state index < -0.39 is 0 Å². The van der Waals surface area contributed by atoms with E-state index in [4.69, 9.17) is 16.3 Å². The molecule has 0 spiro atoms. The zero-order valence-electron chi connectivity index (χ0n) is 11.2. The highest BCUT2D eigenvalue weighted by Crippen LogP contribution is 2.34. The summed E-state index contributed by atoms with van der Waals surface area (Å²) in [6.07, 6.45) is -0.102. The van der Waals surface area contributed by atoms with Crippen molar-refractivity contribution in [3.8, 4) is 0 Å². The third-order valence-corrected chi connectivity index (χ3v) is 2.69. The predicted molar refractivity (Wildman–Crippen MR) is 70.1 cm³/mol. The molecule has 1 unspecified atom stereocenters. The number of hydrogen-bond acceptors (Lipinski definition) is 3. The van der Waals surface area contributed by atoms with Crippen molar-refractivity contribution < 1.29 is 4.74 Å². The lowest BCUT2D eigenvalue weighted by molar-refractivity contribution is -0.0193. The molecule has 0 aromatic carbocycles.